The SMILES string of the molecule is CC(CCl)c1ccc(Oc2ccc([N+](=O)[O-])cc2)cc1. The van der Waals surface area contributed by atoms with Gasteiger partial charge < -0.3 is 4.74 Å². The Kier molecular flexibility index (Phi) is 4.58. The molecule has 0 N–H and O–H groups in total. The van der Waals surface area contributed by atoms with Crippen LogP contribution in [0.15, 0.2) is 48.5 Å². The number of hydrogen-bond donors (Lipinski definition) is 0. The van der Waals surface area contributed by atoms with Crippen molar-refractivity contribution in [1.29, 1.82) is 0 Å². The number of hydrogen-bond acceptors (Lipinski definition) is 3. The average molecular weight is 292 g/mol. The van der Waals surface area contributed by atoms with E-state index in [0.29, 0.717) is 23.3 Å². The molecule has 4 nitrogen and oxygen atoms in total. The Balaban J connectivity index is 2.08. The van der Waals surface area contributed by atoms with Crippen LogP contribution in [0.25, 0.3) is 0 Å². The van der Waals surface area contributed by atoms with E-state index >= 15 is 0 Å². The summed E-state index contributed by atoms with van der Waals surface area (Å²) in [7, 11) is 0. The lowest BCUT2D eigenvalue weighted by Gasteiger charge is -2.09. The number of halogens is 1. The molecule has 0 radical (unpaired) electrons. The molecule has 5 heteroatoms. The Hall–Kier alpha value is -2.07. The number of rotatable bonds is 5. The number of nitro groups is 1. The van der Waals surface area contributed by atoms with E-state index in [1.54, 1.807) is 12.1 Å². The molecule has 1 unspecified atom stereocenters. The van der Waals surface area contributed by atoms with E-state index < -0.39 is 4.92 Å². The monoisotopic (exact) mass is 291 g/mol. The highest BCUT2D eigenvalue weighted by atomic mass is 35.5. The van der Waals surface area contributed by atoms with Crippen LogP contribution in [0.4, 0.5) is 5.69 Å². The Labute approximate surface area is 122 Å². The Morgan fingerprint density at radius 3 is 2.05 bits per heavy atom. The van der Waals surface area contributed by atoms with Crippen LogP contribution in [0.2, 0.25) is 0 Å². The molecular formula is C15H14ClNO3. The quantitative estimate of drug-likeness (QED) is 0.454. The van der Waals surface area contributed by atoms with E-state index in [0.717, 1.165) is 5.56 Å². The molecule has 104 valence electrons. The lowest BCUT2D eigenvalue weighted by Crippen LogP contribution is -1.94. The topological polar surface area (TPSA) is 52.4 Å². The summed E-state index contributed by atoms with van der Waals surface area (Å²) in [5.74, 6) is 2.12. The molecule has 0 fully saturated rings. The molecule has 0 saturated carbocycles. The summed E-state index contributed by atoms with van der Waals surface area (Å²) < 4.78 is 5.63. The first kappa shape index (κ1) is 14.3. The van der Waals surface area contributed by atoms with Gasteiger partial charge >= 0.3 is 0 Å². The van der Waals surface area contributed by atoms with E-state index in [1.807, 2.05) is 24.3 Å². The predicted molar refractivity (Wildman–Crippen MR) is 78.7 cm³/mol. The third-order valence-electron chi connectivity index (χ3n) is 2.96. The standard InChI is InChI=1S/C15H14ClNO3/c1-11(10-16)12-2-6-14(7-3-12)20-15-8-4-13(5-9-15)17(18)19/h2-9,11H,10H2,1H3. The zero-order chi connectivity index (χ0) is 14.5. The molecular weight excluding hydrogens is 278 g/mol. The summed E-state index contributed by atoms with van der Waals surface area (Å²) in [5.41, 5.74) is 1.19. The number of non-ortho nitro benzene ring substituents is 1. The van der Waals surface area contributed by atoms with Gasteiger partial charge in [0, 0.05) is 18.0 Å². The van der Waals surface area contributed by atoms with Crippen molar-refractivity contribution in [3.8, 4) is 11.5 Å². The lowest BCUT2D eigenvalue weighted by molar-refractivity contribution is -0.384. The van der Waals surface area contributed by atoms with Crippen LogP contribution in [-0.2, 0) is 0 Å². The summed E-state index contributed by atoms with van der Waals surface area (Å²) in [6, 6.07) is 13.6. The van der Waals surface area contributed by atoms with E-state index in [1.165, 1.54) is 12.1 Å². The van der Waals surface area contributed by atoms with Crippen molar-refractivity contribution in [3.63, 3.8) is 0 Å². The van der Waals surface area contributed by atoms with Crippen LogP contribution in [0.5, 0.6) is 11.5 Å². The first-order valence-corrected chi connectivity index (χ1v) is 6.72. The predicted octanol–water partition coefficient (Wildman–Crippen LogP) is 4.73. The second-order valence-corrected chi connectivity index (χ2v) is 4.79. The summed E-state index contributed by atoms with van der Waals surface area (Å²) in [5, 5.41) is 10.6. The van der Waals surface area contributed by atoms with Gasteiger partial charge in [0.25, 0.3) is 5.69 Å². The van der Waals surface area contributed by atoms with Gasteiger partial charge in [-0.3, -0.25) is 10.1 Å². The third kappa shape index (κ3) is 3.48. The van der Waals surface area contributed by atoms with Crippen LogP contribution in [0.1, 0.15) is 18.4 Å². The smallest absolute Gasteiger partial charge is 0.269 e. The van der Waals surface area contributed by atoms with Gasteiger partial charge in [0.15, 0.2) is 0 Å². The van der Waals surface area contributed by atoms with Gasteiger partial charge in [-0.2, -0.15) is 0 Å². The van der Waals surface area contributed by atoms with Gasteiger partial charge in [-0.1, -0.05) is 19.1 Å². The Morgan fingerprint density at radius 1 is 1.10 bits per heavy atom. The molecule has 0 saturated heterocycles. The fourth-order valence-corrected chi connectivity index (χ4v) is 1.90. The van der Waals surface area contributed by atoms with Crippen molar-refractivity contribution >= 4 is 17.3 Å². The average Bonchev–Trinajstić information content (AvgIpc) is 2.48. The molecule has 1 atom stereocenters. The molecule has 20 heavy (non-hydrogen) atoms. The van der Waals surface area contributed by atoms with Crippen molar-refractivity contribution < 1.29 is 9.66 Å². The van der Waals surface area contributed by atoms with E-state index in [9.17, 15) is 10.1 Å². The highest BCUT2D eigenvalue weighted by Gasteiger charge is 2.06. The second-order valence-electron chi connectivity index (χ2n) is 4.48. The zero-order valence-electron chi connectivity index (χ0n) is 11.0. The fourth-order valence-electron chi connectivity index (χ4n) is 1.73. The molecule has 0 spiro atoms. The van der Waals surface area contributed by atoms with Crippen LogP contribution in [0, 0.1) is 10.1 Å². The number of benzene rings is 2. The van der Waals surface area contributed by atoms with Crippen molar-refractivity contribution in [1.82, 2.24) is 0 Å². The summed E-state index contributed by atoms with van der Waals surface area (Å²) in [4.78, 5) is 10.1. The van der Waals surface area contributed by atoms with Crippen LogP contribution in [0.3, 0.4) is 0 Å². The number of ether oxygens (including phenoxy) is 1. The highest BCUT2D eigenvalue weighted by molar-refractivity contribution is 6.18. The Bertz CT molecular complexity index is 581. The molecule has 0 aromatic heterocycles. The van der Waals surface area contributed by atoms with Crippen molar-refractivity contribution in [2.75, 3.05) is 5.88 Å². The minimum absolute atomic E-state index is 0.0450. The highest BCUT2D eigenvalue weighted by Crippen LogP contribution is 2.25. The summed E-state index contributed by atoms with van der Waals surface area (Å²) >= 11 is 5.81. The molecule has 0 heterocycles. The fraction of sp³-hybridized carbons (Fsp3) is 0.200. The number of alkyl halides is 1. The molecule has 0 amide bonds. The molecule has 0 aliphatic heterocycles. The van der Waals surface area contributed by atoms with Crippen molar-refractivity contribution in [2.45, 2.75) is 12.8 Å². The third-order valence-corrected chi connectivity index (χ3v) is 3.43. The molecule has 2 aromatic carbocycles. The Morgan fingerprint density at radius 2 is 1.60 bits per heavy atom. The first-order chi connectivity index (χ1) is 9.60. The van der Waals surface area contributed by atoms with E-state index in [2.05, 4.69) is 6.92 Å². The van der Waals surface area contributed by atoms with E-state index in [4.69, 9.17) is 16.3 Å². The van der Waals surface area contributed by atoms with Crippen LogP contribution in [-0.4, -0.2) is 10.8 Å². The lowest BCUT2D eigenvalue weighted by atomic mass is 10.0. The maximum atomic E-state index is 10.6. The van der Waals surface area contributed by atoms with E-state index in [-0.39, 0.29) is 5.69 Å². The van der Waals surface area contributed by atoms with Gasteiger partial charge in [0.05, 0.1) is 4.92 Å². The molecule has 0 aliphatic rings. The first-order valence-electron chi connectivity index (χ1n) is 6.18. The van der Waals surface area contributed by atoms with Gasteiger partial charge in [-0.05, 0) is 35.7 Å². The van der Waals surface area contributed by atoms with Gasteiger partial charge in [0.2, 0.25) is 0 Å². The maximum Gasteiger partial charge on any atom is 0.269 e. The maximum absolute atomic E-state index is 10.6. The van der Waals surface area contributed by atoms with Gasteiger partial charge in [-0.25, -0.2) is 0 Å². The molecule has 2 rings (SSSR count). The van der Waals surface area contributed by atoms with Crippen molar-refractivity contribution in [2.24, 2.45) is 0 Å². The largest absolute Gasteiger partial charge is 0.457 e. The molecule has 0 aliphatic carbocycles. The second kappa shape index (κ2) is 6.39. The summed E-state index contributed by atoms with van der Waals surface area (Å²) in [6.07, 6.45) is 0. The minimum atomic E-state index is -0.438. The minimum Gasteiger partial charge on any atom is -0.457 e. The normalized spacial score (nSPS) is 11.9. The van der Waals surface area contributed by atoms with Crippen LogP contribution >= 0.6 is 11.6 Å². The van der Waals surface area contributed by atoms with Crippen molar-refractivity contribution in [3.05, 3.63) is 64.2 Å². The van der Waals surface area contributed by atoms with Gasteiger partial charge in [-0.15, -0.1) is 11.6 Å². The molecule has 2 aromatic rings. The van der Waals surface area contributed by atoms with Crippen LogP contribution < -0.4 is 4.74 Å². The zero-order valence-corrected chi connectivity index (χ0v) is 11.7. The number of nitrogens with zero attached hydrogens (tertiary/aromatic N) is 1. The summed E-state index contributed by atoms with van der Waals surface area (Å²) in [6.45, 7) is 2.05. The van der Waals surface area contributed by atoms with Gasteiger partial charge in [0.1, 0.15) is 11.5 Å². The number of nitro benzene ring substituents is 1. The molecule has 0 bridgehead atoms.